The van der Waals surface area contributed by atoms with E-state index in [-0.39, 0.29) is 18.6 Å². The Kier molecular flexibility index (Phi) is 2.45. The maximum Gasteiger partial charge on any atom is -0.0125 e. The van der Waals surface area contributed by atoms with Crippen LogP contribution in [0.15, 0.2) is 24.3 Å². The minimum absolute atomic E-state index is 0. The van der Waals surface area contributed by atoms with E-state index in [1.165, 1.54) is 12.8 Å². The fourth-order valence-electron chi connectivity index (χ4n) is 2.22. The summed E-state index contributed by atoms with van der Waals surface area (Å²) in [5.74, 6) is 2.01. The zero-order valence-electron chi connectivity index (χ0n) is 6.99. The van der Waals surface area contributed by atoms with E-state index < -0.39 is 0 Å². The van der Waals surface area contributed by atoms with Gasteiger partial charge in [0.15, 0.2) is 0 Å². The predicted octanol–water partition coefficient (Wildman–Crippen LogP) is 2.93. The average molecular weight is 184 g/mol. The van der Waals surface area contributed by atoms with E-state index in [2.05, 4.69) is 24.3 Å². The van der Waals surface area contributed by atoms with Gasteiger partial charge in [0.25, 0.3) is 0 Å². The number of hydrogen-bond donors (Lipinski definition) is 1. The third-order valence-corrected chi connectivity index (χ3v) is 2.86. The van der Waals surface area contributed by atoms with Gasteiger partial charge < -0.3 is 6.15 Å². The maximum atomic E-state index is 2.30. The molecular formula is C10H14ClN. The van der Waals surface area contributed by atoms with Crippen molar-refractivity contribution in [1.29, 1.82) is 0 Å². The Labute approximate surface area is 79.2 Å². The summed E-state index contributed by atoms with van der Waals surface area (Å²) in [6.45, 7) is 0. The fraction of sp³-hybridized carbons (Fsp3) is 0.400. The Hall–Kier alpha value is -0.530. The summed E-state index contributed by atoms with van der Waals surface area (Å²) in [5, 5.41) is 0. The van der Waals surface area contributed by atoms with Crippen LogP contribution in [0, 0.1) is 5.92 Å². The van der Waals surface area contributed by atoms with Gasteiger partial charge >= 0.3 is 0 Å². The van der Waals surface area contributed by atoms with E-state index in [1.807, 2.05) is 0 Å². The van der Waals surface area contributed by atoms with Crippen molar-refractivity contribution in [1.82, 2.24) is 6.15 Å². The second kappa shape index (κ2) is 3.08. The van der Waals surface area contributed by atoms with Gasteiger partial charge in [-0.3, -0.25) is 0 Å². The smallest absolute Gasteiger partial charge is 0.0125 e. The molecule has 2 heteroatoms. The molecule has 0 radical (unpaired) electrons. The van der Waals surface area contributed by atoms with Crippen LogP contribution in [0.4, 0.5) is 0 Å². The molecule has 1 nitrogen and oxygen atoms in total. The first-order valence-electron chi connectivity index (χ1n) is 4.03. The van der Waals surface area contributed by atoms with Crippen LogP contribution in [0.3, 0.4) is 0 Å². The third kappa shape index (κ3) is 1.13. The number of rotatable bonds is 0. The zero-order chi connectivity index (χ0) is 6.55. The predicted molar refractivity (Wildman–Crippen MR) is 53.3 cm³/mol. The molecule has 2 aliphatic carbocycles. The van der Waals surface area contributed by atoms with Crippen LogP contribution in [0.25, 0.3) is 0 Å². The van der Waals surface area contributed by atoms with Crippen molar-refractivity contribution in [2.75, 3.05) is 0 Å². The highest BCUT2D eigenvalue weighted by Gasteiger charge is 2.44. The van der Waals surface area contributed by atoms with Gasteiger partial charge in [0.1, 0.15) is 0 Å². The summed E-state index contributed by atoms with van der Waals surface area (Å²) in [7, 11) is 0. The van der Waals surface area contributed by atoms with Gasteiger partial charge in [-0.05, 0) is 35.8 Å². The molecule has 2 atom stereocenters. The van der Waals surface area contributed by atoms with Crippen LogP contribution in [-0.4, -0.2) is 0 Å². The van der Waals surface area contributed by atoms with Gasteiger partial charge in [0.05, 0.1) is 0 Å². The number of benzene rings is 1. The fourth-order valence-corrected chi connectivity index (χ4v) is 2.22. The van der Waals surface area contributed by atoms with Crippen molar-refractivity contribution in [3.05, 3.63) is 35.4 Å². The highest BCUT2D eigenvalue weighted by atomic mass is 35.5. The van der Waals surface area contributed by atoms with Gasteiger partial charge in [0.2, 0.25) is 0 Å². The molecule has 1 saturated carbocycles. The van der Waals surface area contributed by atoms with Crippen LogP contribution in [0.1, 0.15) is 23.5 Å². The summed E-state index contributed by atoms with van der Waals surface area (Å²) < 4.78 is 0. The van der Waals surface area contributed by atoms with Crippen LogP contribution >= 0.6 is 12.4 Å². The molecule has 0 amide bonds. The molecular weight excluding hydrogens is 170 g/mol. The van der Waals surface area contributed by atoms with E-state index in [9.17, 15) is 0 Å². The average Bonchev–Trinajstić information content (AvgIpc) is 2.64. The van der Waals surface area contributed by atoms with Crippen LogP contribution in [0.2, 0.25) is 0 Å². The van der Waals surface area contributed by atoms with Crippen LogP contribution in [-0.2, 0) is 6.42 Å². The molecule has 12 heavy (non-hydrogen) atoms. The van der Waals surface area contributed by atoms with Crippen LogP contribution in [0.5, 0.6) is 0 Å². The molecule has 1 aromatic carbocycles. The number of halogens is 1. The summed E-state index contributed by atoms with van der Waals surface area (Å²) >= 11 is 0. The molecule has 0 spiro atoms. The molecule has 2 unspecified atom stereocenters. The van der Waals surface area contributed by atoms with Crippen molar-refractivity contribution in [3.63, 3.8) is 0 Å². The summed E-state index contributed by atoms with van der Waals surface area (Å²) in [6.07, 6.45) is 2.83. The van der Waals surface area contributed by atoms with Gasteiger partial charge in [0, 0.05) is 0 Å². The Balaban J connectivity index is 0.000000360. The van der Waals surface area contributed by atoms with Crippen LogP contribution < -0.4 is 6.15 Å². The first-order valence-corrected chi connectivity index (χ1v) is 4.03. The highest BCUT2D eigenvalue weighted by Crippen LogP contribution is 2.55. The molecule has 3 N–H and O–H groups in total. The van der Waals surface area contributed by atoms with Gasteiger partial charge in [-0.1, -0.05) is 24.3 Å². The quantitative estimate of drug-likeness (QED) is 0.660. The minimum atomic E-state index is 0. The van der Waals surface area contributed by atoms with E-state index in [4.69, 9.17) is 0 Å². The van der Waals surface area contributed by atoms with Crippen molar-refractivity contribution in [2.45, 2.75) is 18.8 Å². The topological polar surface area (TPSA) is 35.0 Å². The molecule has 2 aliphatic rings. The molecule has 1 aromatic rings. The number of fused-ring (bicyclic) bond motifs is 3. The Morgan fingerprint density at radius 3 is 2.67 bits per heavy atom. The Bertz CT molecular complexity index is 285. The van der Waals surface area contributed by atoms with E-state index in [0.29, 0.717) is 0 Å². The maximum absolute atomic E-state index is 2.30. The van der Waals surface area contributed by atoms with E-state index >= 15 is 0 Å². The van der Waals surface area contributed by atoms with E-state index in [1.54, 1.807) is 11.1 Å². The lowest BCUT2D eigenvalue weighted by Gasteiger charge is -1.98. The molecule has 0 bridgehead atoms. The summed E-state index contributed by atoms with van der Waals surface area (Å²) in [4.78, 5) is 0. The largest absolute Gasteiger partial charge is 0.344 e. The van der Waals surface area contributed by atoms with Crippen molar-refractivity contribution in [2.24, 2.45) is 5.92 Å². The Morgan fingerprint density at radius 1 is 1.17 bits per heavy atom. The first-order chi connectivity index (χ1) is 4.95. The van der Waals surface area contributed by atoms with Crippen molar-refractivity contribution in [3.8, 4) is 0 Å². The van der Waals surface area contributed by atoms with Gasteiger partial charge in [-0.15, -0.1) is 12.4 Å². The minimum Gasteiger partial charge on any atom is -0.344 e. The van der Waals surface area contributed by atoms with E-state index in [0.717, 1.165) is 11.8 Å². The van der Waals surface area contributed by atoms with Gasteiger partial charge in [-0.25, -0.2) is 0 Å². The first kappa shape index (κ1) is 9.56. The molecule has 0 aliphatic heterocycles. The van der Waals surface area contributed by atoms with Crippen molar-refractivity contribution < 1.29 is 0 Å². The molecule has 0 aromatic heterocycles. The molecule has 1 fully saturated rings. The lowest BCUT2D eigenvalue weighted by Crippen LogP contribution is -1.83. The zero-order valence-corrected chi connectivity index (χ0v) is 7.81. The SMILES string of the molecule is Cl.N.c1ccc2c(c1)CC1CC21. The summed E-state index contributed by atoms with van der Waals surface area (Å²) in [6, 6.07) is 8.90. The Morgan fingerprint density at radius 2 is 1.92 bits per heavy atom. The standard InChI is InChI=1S/C10H10.ClH.H3N/c1-2-4-9-7(3-1)5-8-6-10(8)9;;/h1-4,8,10H,5-6H2;1H;1H3. The lowest BCUT2D eigenvalue weighted by molar-refractivity contribution is 0.857. The molecule has 0 saturated heterocycles. The van der Waals surface area contributed by atoms with Gasteiger partial charge in [-0.2, -0.15) is 0 Å². The highest BCUT2D eigenvalue weighted by molar-refractivity contribution is 5.85. The number of hydrogen-bond acceptors (Lipinski definition) is 1. The monoisotopic (exact) mass is 183 g/mol. The second-order valence-electron chi connectivity index (χ2n) is 3.51. The third-order valence-electron chi connectivity index (χ3n) is 2.86. The molecule has 0 heterocycles. The normalized spacial score (nSPS) is 27.7. The summed E-state index contributed by atoms with van der Waals surface area (Å²) in [5.41, 5.74) is 3.26. The second-order valence-corrected chi connectivity index (χ2v) is 3.51. The molecule has 3 rings (SSSR count). The van der Waals surface area contributed by atoms with Crippen molar-refractivity contribution >= 4 is 12.4 Å². The molecule has 66 valence electrons. The lowest BCUT2D eigenvalue weighted by atomic mass is 10.1.